The first kappa shape index (κ1) is 19.9. The first-order valence-electron chi connectivity index (χ1n) is 6.42. The minimum atomic E-state index is -4.30. The average molecular weight is 339 g/mol. The maximum absolute atomic E-state index is 12.0. The van der Waals surface area contributed by atoms with Gasteiger partial charge in [-0.2, -0.15) is 13.2 Å². The third-order valence-corrected chi connectivity index (χ3v) is 5.34. The van der Waals surface area contributed by atoms with Crippen molar-refractivity contribution in [3.8, 4) is 0 Å². The third-order valence-electron chi connectivity index (χ3n) is 3.42. The van der Waals surface area contributed by atoms with E-state index in [2.05, 4.69) is 0 Å². The molecular weight excluding hydrogens is 317 g/mol. The Morgan fingerprint density at radius 3 is 2.50 bits per heavy atom. The van der Waals surface area contributed by atoms with Gasteiger partial charge < -0.3 is 5.73 Å². The monoisotopic (exact) mass is 338 g/mol. The first-order valence-corrected chi connectivity index (χ1v) is 8.03. The summed E-state index contributed by atoms with van der Waals surface area (Å²) in [6, 6.07) is -0.104. The van der Waals surface area contributed by atoms with Crippen LogP contribution >= 0.6 is 12.4 Å². The Hall–Kier alpha value is -0.0500. The zero-order valence-electron chi connectivity index (χ0n) is 11.4. The third kappa shape index (κ3) is 6.60. The molecule has 0 spiro atoms. The molecule has 0 aromatic carbocycles. The fourth-order valence-corrected chi connectivity index (χ4v) is 3.83. The Kier molecular flexibility index (Phi) is 7.80. The molecule has 20 heavy (non-hydrogen) atoms. The normalized spacial score (nSPS) is 23.1. The Bertz CT molecular complexity index is 388. The summed E-state index contributed by atoms with van der Waals surface area (Å²) >= 11 is 0. The van der Waals surface area contributed by atoms with Crippen LogP contribution in [-0.2, 0) is 10.0 Å². The molecule has 1 saturated heterocycles. The van der Waals surface area contributed by atoms with Gasteiger partial charge in [0.1, 0.15) is 0 Å². The zero-order valence-corrected chi connectivity index (χ0v) is 13.0. The van der Waals surface area contributed by atoms with Crippen LogP contribution in [0.2, 0.25) is 0 Å². The number of hydrogen-bond donors (Lipinski definition) is 1. The first-order chi connectivity index (χ1) is 8.62. The molecule has 0 saturated carbocycles. The summed E-state index contributed by atoms with van der Waals surface area (Å²) in [5, 5.41) is 0. The van der Waals surface area contributed by atoms with Crippen LogP contribution in [0.4, 0.5) is 13.2 Å². The fraction of sp³-hybridized carbons (Fsp3) is 1.00. The predicted molar refractivity (Wildman–Crippen MR) is 74.3 cm³/mol. The summed E-state index contributed by atoms with van der Waals surface area (Å²) < 4.78 is 61.3. The summed E-state index contributed by atoms with van der Waals surface area (Å²) in [4.78, 5) is 0. The highest BCUT2D eigenvalue weighted by atomic mass is 35.5. The second kappa shape index (κ2) is 7.82. The smallest absolute Gasteiger partial charge is 0.328 e. The van der Waals surface area contributed by atoms with Gasteiger partial charge in [-0.15, -0.1) is 12.4 Å². The van der Waals surface area contributed by atoms with Gasteiger partial charge in [-0.05, 0) is 32.1 Å². The average Bonchev–Trinajstić information content (AvgIpc) is 2.27. The number of alkyl halides is 3. The molecule has 0 bridgehead atoms. The Labute approximate surface area is 124 Å². The molecular formula is C11H22ClF3N2O2S. The second-order valence-corrected chi connectivity index (χ2v) is 7.24. The van der Waals surface area contributed by atoms with Crippen LogP contribution in [0, 0.1) is 5.92 Å². The summed E-state index contributed by atoms with van der Waals surface area (Å²) in [5.41, 5.74) is 5.76. The van der Waals surface area contributed by atoms with Crippen LogP contribution in [0.3, 0.4) is 0 Å². The van der Waals surface area contributed by atoms with Gasteiger partial charge in [0.05, 0.1) is 5.75 Å². The molecule has 1 heterocycles. The molecule has 4 nitrogen and oxygen atoms in total. The molecule has 1 rings (SSSR count). The lowest BCUT2D eigenvalue weighted by molar-refractivity contribution is -0.134. The molecule has 2 atom stereocenters. The highest BCUT2D eigenvalue weighted by molar-refractivity contribution is 7.89. The van der Waals surface area contributed by atoms with Crippen molar-refractivity contribution in [3.63, 3.8) is 0 Å². The molecule has 0 aromatic heterocycles. The van der Waals surface area contributed by atoms with Gasteiger partial charge in [-0.25, -0.2) is 12.7 Å². The van der Waals surface area contributed by atoms with Gasteiger partial charge in [0, 0.05) is 25.6 Å². The van der Waals surface area contributed by atoms with Gasteiger partial charge in [-0.1, -0.05) is 0 Å². The van der Waals surface area contributed by atoms with E-state index in [1.165, 1.54) is 4.31 Å². The molecule has 2 N–H and O–H groups in total. The molecule has 0 amide bonds. The lowest BCUT2D eigenvalue weighted by Gasteiger charge is -2.33. The fourth-order valence-electron chi connectivity index (χ4n) is 2.24. The van der Waals surface area contributed by atoms with Crippen LogP contribution in [0.15, 0.2) is 0 Å². The standard InChI is InChI=1S/C11H21F3N2O2S.ClH/c1-9(15)10-4-2-6-16(8-10)19(17,18)7-3-5-11(12,13)14;/h9-10H,2-8,15H2,1H3;1H. The van der Waals surface area contributed by atoms with E-state index in [1.54, 1.807) is 0 Å². The highest BCUT2D eigenvalue weighted by Crippen LogP contribution is 2.24. The minimum Gasteiger partial charge on any atom is -0.328 e. The maximum Gasteiger partial charge on any atom is 0.389 e. The number of hydrogen-bond acceptors (Lipinski definition) is 3. The van der Waals surface area contributed by atoms with E-state index in [-0.39, 0.29) is 30.8 Å². The number of nitrogens with zero attached hydrogens (tertiary/aromatic N) is 1. The molecule has 1 aliphatic heterocycles. The van der Waals surface area contributed by atoms with Crippen LogP contribution in [0.5, 0.6) is 0 Å². The molecule has 9 heteroatoms. The Morgan fingerprint density at radius 1 is 1.40 bits per heavy atom. The van der Waals surface area contributed by atoms with Gasteiger partial charge in [0.15, 0.2) is 0 Å². The summed E-state index contributed by atoms with van der Waals surface area (Å²) in [6.45, 7) is 2.54. The number of halogens is 4. The molecule has 1 aliphatic rings. The van der Waals surface area contributed by atoms with Gasteiger partial charge in [0.25, 0.3) is 0 Å². The largest absolute Gasteiger partial charge is 0.389 e. The number of rotatable bonds is 5. The lowest BCUT2D eigenvalue weighted by atomic mass is 9.93. The Morgan fingerprint density at radius 2 is 2.00 bits per heavy atom. The second-order valence-electron chi connectivity index (χ2n) is 5.15. The van der Waals surface area contributed by atoms with Crippen LogP contribution in [0.25, 0.3) is 0 Å². The summed E-state index contributed by atoms with van der Waals surface area (Å²) in [5.74, 6) is -0.357. The van der Waals surface area contributed by atoms with E-state index < -0.39 is 28.4 Å². The summed E-state index contributed by atoms with van der Waals surface area (Å²) in [7, 11) is -3.59. The van der Waals surface area contributed by atoms with Crippen molar-refractivity contribution < 1.29 is 21.6 Å². The van der Waals surface area contributed by atoms with Crippen LogP contribution in [-0.4, -0.2) is 43.8 Å². The van der Waals surface area contributed by atoms with E-state index in [4.69, 9.17) is 5.73 Å². The SMILES string of the molecule is CC(N)C1CCCN(S(=O)(=O)CCCC(F)(F)F)C1.Cl. The molecule has 1 fully saturated rings. The number of sulfonamides is 1. The highest BCUT2D eigenvalue weighted by Gasteiger charge is 2.32. The van der Waals surface area contributed by atoms with Crippen molar-refractivity contribution in [1.29, 1.82) is 0 Å². The van der Waals surface area contributed by atoms with E-state index in [1.807, 2.05) is 6.92 Å². The van der Waals surface area contributed by atoms with Crippen molar-refractivity contribution in [3.05, 3.63) is 0 Å². The van der Waals surface area contributed by atoms with Crippen molar-refractivity contribution in [1.82, 2.24) is 4.31 Å². The maximum atomic E-state index is 12.0. The number of nitrogens with two attached hydrogens (primary N) is 1. The predicted octanol–water partition coefficient (Wildman–Crippen LogP) is 2.14. The van der Waals surface area contributed by atoms with Crippen molar-refractivity contribution in [2.45, 2.75) is 44.8 Å². The van der Waals surface area contributed by atoms with E-state index in [0.717, 1.165) is 6.42 Å². The molecule has 122 valence electrons. The van der Waals surface area contributed by atoms with Crippen molar-refractivity contribution >= 4 is 22.4 Å². The van der Waals surface area contributed by atoms with Gasteiger partial charge in [-0.3, -0.25) is 0 Å². The van der Waals surface area contributed by atoms with E-state index in [9.17, 15) is 21.6 Å². The Balaban J connectivity index is 0.00000361. The molecule has 0 radical (unpaired) electrons. The van der Waals surface area contributed by atoms with Crippen molar-refractivity contribution in [2.75, 3.05) is 18.8 Å². The molecule has 0 aromatic rings. The summed E-state index contributed by atoms with van der Waals surface area (Å²) in [6.07, 6.45) is -4.16. The topological polar surface area (TPSA) is 63.4 Å². The lowest BCUT2D eigenvalue weighted by Crippen LogP contribution is -2.45. The number of piperidine rings is 1. The quantitative estimate of drug-likeness (QED) is 0.835. The van der Waals surface area contributed by atoms with Crippen molar-refractivity contribution in [2.24, 2.45) is 11.7 Å². The molecule has 0 aliphatic carbocycles. The van der Waals surface area contributed by atoms with Crippen LogP contribution < -0.4 is 5.73 Å². The van der Waals surface area contributed by atoms with E-state index in [0.29, 0.717) is 19.5 Å². The van der Waals surface area contributed by atoms with Gasteiger partial charge in [0.2, 0.25) is 10.0 Å². The van der Waals surface area contributed by atoms with Gasteiger partial charge >= 0.3 is 6.18 Å². The zero-order chi connectivity index (χ0) is 14.7. The molecule has 2 unspecified atom stereocenters. The van der Waals surface area contributed by atoms with E-state index >= 15 is 0 Å². The minimum absolute atomic E-state index is 0. The van der Waals surface area contributed by atoms with Crippen LogP contribution in [0.1, 0.15) is 32.6 Å².